The standard InChI is InChI=1S/C7H7N3O/c1-5-3-10-7(2-6(5)11)8-4-9-10/h2-4H,1H3,(H,8,9). The Morgan fingerprint density at radius 1 is 1.64 bits per heavy atom. The molecule has 0 saturated heterocycles. The van der Waals surface area contributed by atoms with E-state index in [0.717, 1.165) is 0 Å². The highest BCUT2D eigenvalue weighted by atomic mass is 16.1. The Bertz CT molecular complexity index is 440. The summed E-state index contributed by atoms with van der Waals surface area (Å²) in [7, 11) is 0. The zero-order valence-electron chi connectivity index (χ0n) is 6.03. The summed E-state index contributed by atoms with van der Waals surface area (Å²) in [5.74, 6) is 0. The molecule has 1 N–H and O–H groups in total. The van der Waals surface area contributed by atoms with E-state index < -0.39 is 0 Å². The number of pyridine rings is 1. The lowest BCUT2D eigenvalue weighted by atomic mass is 10.3. The molecule has 0 aliphatic heterocycles. The first-order chi connectivity index (χ1) is 5.27. The quantitative estimate of drug-likeness (QED) is 0.586. The van der Waals surface area contributed by atoms with Gasteiger partial charge in [-0.3, -0.25) is 9.89 Å². The summed E-state index contributed by atoms with van der Waals surface area (Å²) in [6.45, 7) is 1.77. The number of H-pyrrole nitrogens is 1. The van der Waals surface area contributed by atoms with E-state index in [1.807, 2.05) is 0 Å². The van der Waals surface area contributed by atoms with E-state index in [2.05, 4.69) is 10.1 Å². The van der Waals surface area contributed by atoms with Crippen LogP contribution in [0.1, 0.15) is 5.56 Å². The maximum Gasteiger partial charge on any atom is 0.186 e. The summed E-state index contributed by atoms with van der Waals surface area (Å²) in [5, 5.41) is 2.85. The maximum absolute atomic E-state index is 11.1. The number of rotatable bonds is 0. The molecule has 2 aromatic heterocycles. The molecule has 0 aliphatic carbocycles. The van der Waals surface area contributed by atoms with E-state index in [1.165, 1.54) is 6.07 Å². The van der Waals surface area contributed by atoms with Crippen molar-refractivity contribution in [3.8, 4) is 0 Å². The maximum atomic E-state index is 11.1. The zero-order valence-corrected chi connectivity index (χ0v) is 6.03. The Morgan fingerprint density at radius 3 is 3.27 bits per heavy atom. The fraction of sp³-hybridized carbons (Fsp3) is 0.143. The Labute approximate surface area is 62.5 Å². The summed E-state index contributed by atoms with van der Waals surface area (Å²) in [6.07, 6.45) is 3.28. The third-order valence-corrected chi connectivity index (χ3v) is 1.61. The van der Waals surface area contributed by atoms with Gasteiger partial charge in [0.25, 0.3) is 0 Å². The average Bonchev–Trinajstić information content (AvgIpc) is 2.36. The van der Waals surface area contributed by atoms with E-state index in [-0.39, 0.29) is 5.43 Å². The number of aryl methyl sites for hydroxylation is 1. The van der Waals surface area contributed by atoms with Crippen LogP contribution in [-0.2, 0) is 0 Å². The van der Waals surface area contributed by atoms with Crippen molar-refractivity contribution in [1.29, 1.82) is 0 Å². The molecule has 0 radical (unpaired) electrons. The van der Waals surface area contributed by atoms with Crippen LogP contribution in [0.2, 0.25) is 0 Å². The molecule has 0 saturated carbocycles. The van der Waals surface area contributed by atoms with Crippen LogP contribution in [0.15, 0.2) is 23.4 Å². The smallest absolute Gasteiger partial charge is 0.186 e. The van der Waals surface area contributed by atoms with E-state index in [4.69, 9.17) is 0 Å². The van der Waals surface area contributed by atoms with Crippen molar-refractivity contribution < 1.29 is 0 Å². The largest absolute Gasteiger partial charge is 0.289 e. The fourth-order valence-corrected chi connectivity index (χ4v) is 0.984. The van der Waals surface area contributed by atoms with Crippen LogP contribution in [0.4, 0.5) is 0 Å². The van der Waals surface area contributed by atoms with Crippen LogP contribution in [0.5, 0.6) is 0 Å². The van der Waals surface area contributed by atoms with Gasteiger partial charge in [0.05, 0.1) is 0 Å². The highest BCUT2D eigenvalue weighted by molar-refractivity contribution is 5.36. The van der Waals surface area contributed by atoms with Gasteiger partial charge in [-0.2, -0.15) is 0 Å². The van der Waals surface area contributed by atoms with Crippen LogP contribution < -0.4 is 5.43 Å². The number of aromatic amines is 1. The summed E-state index contributed by atoms with van der Waals surface area (Å²) in [4.78, 5) is 15.0. The minimum atomic E-state index is 0.0251. The SMILES string of the molecule is Cc1cn2[nH]cnc2cc1=O. The van der Waals surface area contributed by atoms with Gasteiger partial charge < -0.3 is 0 Å². The Hall–Kier alpha value is -1.58. The molecule has 0 unspecified atom stereocenters. The van der Waals surface area contributed by atoms with Crippen LogP contribution in [-0.4, -0.2) is 14.6 Å². The van der Waals surface area contributed by atoms with Crippen molar-refractivity contribution in [2.75, 3.05) is 0 Å². The number of aromatic nitrogens is 3. The molecule has 0 aliphatic rings. The molecule has 4 heteroatoms. The van der Waals surface area contributed by atoms with E-state index in [9.17, 15) is 4.79 Å². The molecule has 0 spiro atoms. The summed E-state index contributed by atoms with van der Waals surface area (Å²) >= 11 is 0. The second-order valence-corrected chi connectivity index (χ2v) is 2.44. The van der Waals surface area contributed by atoms with Gasteiger partial charge in [-0.1, -0.05) is 0 Å². The molecule has 0 fully saturated rings. The molecular formula is C7H7N3O. The zero-order chi connectivity index (χ0) is 7.84. The number of hydrogen-bond donors (Lipinski definition) is 1. The average molecular weight is 149 g/mol. The van der Waals surface area contributed by atoms with Crippen LogP contribution in [0.25, 0.3) is 5.65 Å². The van der Waals surface area contributed by atoms with Gasteiger partial charge in [-0.25, -0.2) is 9.50 Å². The Balaban J connectivity index is 2.97. The first kappa shape index (κ1) is 6.15. The molecule has 0 aromatic carbocycles. The summed E-state index contributed by atoms with van der Waals surface area (Å²) < 4.78 is 1.71. The van der Waals surface area contributed by atoms with E-state index in [1.54, 1.807) is 24.0 Å². The third-order valence-electron chi connectivity index (χ3n) is 1.61. The van der Waals surface area contributed by atoms with Crippen LogP contribution in [0, 0.1) is 6.92 Å². The topological polar surface area (TPSA) is 50.2 Å². The number of hydrogen-bond acceptors (Lipinski definition) is 2. The van der Waals surface area contributed by atoms with Gasteiger partial charge in [-0.15, -0.1) is 0 Å². The van der Waals surface area contributed by atoms with E-state index in [0.29, 0.717) is 11.2 Å². The lowest BCUT2D eigenvalue weighted by Gasteiger charge is -1.91. The first-order valence-corrected chi connectivity index (χ1v) is 3.30. The third kappa shape index (κ3) is 0.832. The minimum Gasteiger partial charge on any atom is -0.289 e. The van der Waals surface area contributed by atoms with Crippen molar-refractivity contribution in [3.63, 3.8) is 0 Å². The highest BCUT2D eigenvalue weighted by Gasteiger charge is 1.96. The Morgan fingerprint density at radius 2 is 2.45 bits per heavy atom. The number of fused-ring (bicyclic) bond motifs is 1. The lowest BCUT2D eigenvalue weighted by Crippen LogP contribution is -2.05. The van der Waals surface area contributed by atoms with Crippen LogP contribution in [0.3, 0.4) is 0 Å². The van der Waals surface area contributed by atoms with Gasteiger partial charge in [0.15, 0.2) is 11.1 Å². The van der Waals surface area contributed by atoms with Gasteiger partial charge in [0.2, 0.25) is 0 Å². The highest BCUT2D eigenvalue weighted by Crippen LogP contribution is 1.94. The predicted octanol–water partition coefficient (Wildman–Crippen LogP) is 0.331. The van der Waals surface area contributed by atoms with Crippen molar-refractivity contribution in [2.24, 2.45) is 0 Å². The summed E-state index contributed by atoms with van der Waals surface area (Å²) in [5.41, 5.74) is 1.39. The molecule has 2 aromatic rings. The van der Waals surface area contributed by atoms with Crippen molar-refractivity contribution in [2.45, 2.75) is 6.92 Å². The summed E-state index contributed by atoms with van der Waals surface area (Å²) in [6, 6.07) is 1.51. The van der Waals surface area contributed by atoms with Gasteiger partial charge >= 0.3 is 0 Å². The van der Waals surface area contributed by atoms with Gasteiger partial charge in [0.1, 0.15) is 6.33 Å². The lowest BCUT2D eigenvalue weighted by molar-refractivity contribution is 0.947. The number of nitrogens with zero attached hydrogens (tertiary/aromatic N) is 2. The molecule has 0 amide bonds. The first-order valence-electron chi connectivity index (χ1n) is 3.30. The molecule has 2 heterocycles. The number of nitrogens with one attached hydrogen (secondary N) is 1. The molecule has 2 rings (SSSR count). The minimum absolute atomic E-state index is 0.0251. The fourth-order valence-electron chi connectivity index (χ4n) is 0.984. The van der Waals surface area contributed by atoms with Gasteiger partial charge in [0, 0.05) is 17.8 Å². The normalized spacial score (nSPS) is 10.6. The van der Waals surface area contributed by atoms with Crippen LogP contribution >= 0.6 is 0 Å². The molecule has 56 valence electrons. The molecular weight excluding hydrogens is 142 g/mol. The van der Waals surface area contributed by atoms with Crippen molar-refractivity contribution >= 4 is 5.65 Å². The van der Waals surface area contributed by atoms with Gasteiger partial charge in [-0.05, 0) is 6.92 Å². The predicted molar refractivity (Wildman–Crippen MR) is 40.5 cm³/mol. The van der Waals surface area contributed by atoms with Crippen molar-refractivity contribution in [3.05, 3.63) is 34.4 Å². The van der Waals surface area contributed by atoms with E-state index >= 15 is 0 Å². The monoisotopic (exact) mass is 149 g/mol. The second-order valence-electron chi connectivity index (χ2n) is 2.44. The second kappa shape index (κ2) is 1.95. The Kier molecular flexibility index (Phi) is 1.09. The molecule has 0 bridgehead atoms. The molecule has 11 heavy (non-hydrogen) atoms. The van der Waals surface area contributed by atoms with Crippen molar-refractivity contribution in [1.82, 2.24) is 14.6 Å². The molecule has 0 atom stereocenters. The molecule has 4 nitrogen and oxygen atoms in total.